The van der Waals surface area contributed by atoms with E-state index >= 15 is 0 Å². The Bertz CT molecular complexity index is 431. The van der Waals surface area contributed by atoms with Gasteiger partial charge in [0.2, 0.25) is 0 Å². The molecule has 1 aromatic carbocycles. The summed E-state index contributed by atoms with van der Waals surface area (Å²) in [4.78, 5) is 14.0. The zero-order valence-electron chi connectivity index (χ0n) is 10.1. The number of benzene rings is 1. The van der Waals surface area contributed by atoms with Gasteiger partial charge in [0.1, 0.15) is 5.75 Å². The number of carbonyl (C=O) groups is 1. The first-order valence-electron chi connectivity index (χ1n) is 5.78. The quantitative estimate of drug-likeness (QED) is 0.803. The smallest absolute Gasteiger partial charge is 0.254 e. The number of ether oxygens (including phenoxy) is 1. The van der Waals surface area contributed by atoms with Crippen LogP contribution in [0.1, 0.15) is 22.8 Å². The van der Waals surface area contributed by atoms with Gasteiger partial charge in [-0.05, 0) is 31.5 Å². The van der Waals surface area contributed by atoms with Gasteiger partial charge in [-0.15, -0.1) is 0 Å². The van der Waals surface area contributed by atoms with E-state index < -0.39 is 0 Å². The summed E-state index contributed by atoms with van der Waals surface area (Å²) in [6.45, 7) is 5.53. The van der Waals surface area contributed by atoms with E-state index in [4.69, 9.17) is 4.74 Å². The largest absolute Gasteiger partial charge is 0.508 e. The second-order valence-electron chi connectivity index (χ2n) is 4.42. The third-order valence-electron chi connectivity index (χ3n) is 3.08. The minimum absolute atomic E-state index is 0.0453. The van der Waals surface area contributed by atoms with Crippen LogP contribution < -0.4 is 0 Å². The van der Waals surface area contributed by atoms with Crippen molar-refractivity contribution in [2.75, 3.05) is 19.8 Å². The van der Waals surface area contributed by atoms with Crippen molar-refractivity contribution in [3.05, 3.63) is 29.3 Å². The van der Waals surface area contributed by atoms with Gasteiger partial charge in [0.15, 0.2) is 0 Å². The number of phenolic OH excluding ortho intramolecular Hbond substituents is 1. The van der Waals surface area contributed by atoms with Crippen LogP contribution in [0.3, 0.4) is 0 Å². The monoisotopic (exact) mass is 235 g/mol. The fourth-order valence-corrected chi connectivity index (χ4v) is 1.94. The van der Waals surface area contributed by atoms with Crippen molar-refractivity contribution in [2.24, 2.45) is 0 Å². The highest BCUT2D eigenvalue weighted by Gasteiger charge is 2.24. The van der Waals surface area contributed by atoms with Crippen LogP contribution in [0.5, 0.6) is 5.75 Å². The molecular weight excluding hydrogens is 218 g/mol. The predicted molar refractivity (Wildman–Crippen MR) is 64.2 cm³/mol. The Morgan fingerprint density at radius 2 is 2.29 bits per heavy atom. The van der Waals surface area contributed by atoms with Crippen molar-refractivity contribution < 1.29 is 14.6 Å². The van der Waals surface area contributed by atoms with Crippen molar-refractivity contribution >= 4 is 5.91 Å². The zero-order valence-corrected chi connectivity index (χ0v) is 10.1. The number of morpholine rings is 1. The number of aromatic hydroxyl groups is 1. The maximum Gasteiger partial charge on any atom is 0.254 e. The van der Waals surface area contributed by atoms with E-state index in [1.165, 1.54) is 6.07 Å². The molecule has 0 aliphatic carbocycles. The summed E-state index contributed by atoms with van der Waals surface area (Å²) < 4.78 is 5.30. The van der Waals surface area contributed by atoms with Gasteiger partial charge in [0.25, 0.3) is 5.91 Å². The predicted octanol–water partition coefficient (Wildman–Crippen LogP) is 1.56. The number of phenols is 1. The lowest BCUT2D eigenvalue weighted by atomic mass is 10.1. The summed E-state index contributed by atoms with van der Waals surface area (Å²) in [5, 5.41) is 9.62. The summed E-state index contributed by atoms with van der Waals surface area (Å²) in [5.41, 5.74) is 1.30. The number of carbonyl (C=O) groups excluding carboxylic acids is 1. The second-order valence-corrected chi connectivity index (χ2v) is 4.42. The third kappa shape index (κ3) is 2.42. The summed E-state index contributed by atoms with van der Waals surface area (Å²) >= 11 is 0. The van der Waals surface area contributed by atoms with Gasteiger partial charge in [-0.25, -0.2) is 0 Å². The topological polar surface area (TPSA) is 49.8 Å². The lowest BCUT2D eigenvalue weighted by Crippen LogP contribution is -2.47. The van der Waals surface area contributed by atoms with E-state index in [0.29, 0.717) is 25.3 Å². The molecular formula is C13H17NO3. The van der Waals surface area contributed by atoms with Crippen LogP contribution >= 0.6 is 0 Å². The van der Waals surface area contributed by atoms with Crippen LogP contribution in [0, 0.1) is 6.92 Å². The first-order chi connectivity index (χ1) is 8.09. The molecule has 1 aliphatic rings. The summed E-state index contributed by atoms with van der Waals surface area (Å²) in [7, 11) is 0. The normalized spacial score (nSPS) is 20.4. The van der Waals surface area contributed by atoms with E-state index in [9.17, 15) is 9.90 Å². The van der Waals surface area contributed by atoms with Crippen molar-refractivity contribution in [2.45, 2.75) is 19.9 Å². The van der Waals surface area contributed by atoms with E-state index in [1.807, 2.05) is 6.92 Å². The second kappa shape index (κ2) is 4.75. The summed E-state index contributed by atoms with van der Waals surface area (Å²) in [6, 6.07) is 5.12. The van der Waals surface area contributed by atoms with Gasteiger partial charge >= 0.3 is 0 Å². The van der Waals surface area contributed by atoms with Crippen LogP contribution in [0.15, 0.2) is 18.2 Å². The average molecular weight is 235 g/mol. The molecule has 1 heterocycles. The van der Waals surface area contributed by atoms with Crippen molar-refractivity contribution in [3.63, 3.8) is 0 Å². The van der Waals surface area contributed by atoms with E-state index in [1.54, 1.807) is 24.0 Å². The highest BCUT2D eigenvalue weighted by atomic mass is 16.5. The van der Waals surface area contributed by atoms with Crippen molar-refractivity contribution in [3.8, 4) is 5.75 Å². The molecule has 0 radical (unpaired) electrons. The van der Waals surface area contributed by atoms with Gasteiger partial charge in [0, 0.05) is 12.1 Å². The van der Waals surface area contributed by atoms with Gasteiger partial charge in [-0.2, -0.15) is 0 Å². The molecule has 0 aromatic heterocycles. The van der Waals surface area contributed by atoms with Gasteiger partial charge in [0.05, 0.1) is 19.3 Å². The van der Waals surface area contributed by atoms with Crippen molar-refractivity contribution in [1.29, 1.82) is 0 Å². The molecule has 1 fully saturated rings. The number of hydrogen-bond donors (Lipinski definition) is 1. The Morgan fingerprint density at radius 1 is 1.53 bits per heavy atom. The number of hydrogen-bond acceptors (Lipinski definition) is 3. The lowest BCUT2D eigenvalue weighted by molar-refractivity contribution is 0.00358. The maximum absolute atomic E-state index is 12.2. The molecule has 92 valence electrons. The molecule has 0 saturated carbocycles. The lowest BCUT2D eigenvalue weighted by Gasteiger charge is -2.33. The van der Waals surface area contributed by atoms with Crippen molar-refractivity contribution in [1.82, 2.24) is 4.90 Å². The van der Waals surface area contributed by atoms with Crippen LogP contribution in [-0.4, -0.2) is 41.7 Å². The molecule has 0 bridgehead atoms. The van der Waals surface area contributed by atoms with Crippen LogP contribution in [0.2, 0.25) is 0 Å². The van der Waals surface area contributed by atoms with Gasteiger partial charge in [-0.3, -0.25) is 4.79 Å². The molecule has 0 spiro atoms. The molecule has 1 amide bonds. The van der Waals surface area contributed by atoms with E-state index in [0.717, 1.165) is 5.56 Å². The minimum Gasteiger partial charge on any atom is -0.508 e. The number of nitrogens with zero attached hydrogens (tertiary/aromatic N) is 1. The van der Waals surface area contributed by atoms with E-state index in [-0.39, 0.29) is 17.7 Å². The first kappa shape index (κ1) is 11.9. The molecule has 1 N–H and O–H groups in total. The Balaban J connectivity index is 2.21. The standard InChI is InChI=1S/C13H17NO3/c1-9-3-4-11(7-12(9)15)13(16)14-5-6-17-8-10(14)2/h3-4,7,10,15H,5-6,8H2,1-2H3. The zero-order chi connectivity index (χ0) is 12.4. The van der Waals surface area contributed by atoms with E-state index in [2.05, 4.69) is 0 Å². The fraction of sp³-hybridized carbons (Fsp3) is 0.462. The van der Waals surface area contributed by atoms with Crippen LogP contribution in [-0.2, 0) is 4.74 Å². The highest BCUT2D eigenvalue weighted by Crippen LogP contribution is 2.20. The number of aryl methyl sites for hydroxylation is 1. The molecule has 1 unspecified atom stereocenters. The minimum atomic E-state index is -0.0453. The molecule has 1 aliphatic heterocycles. The Labute approximate surface area is 101 Å². The molecule has 1 atom stereocenters. The van der Waals surface area contributed by atoms with Crippen LogP contribution in [0.4, 0.5) is 0 Å². The van der Waals surface area contributed by atoms with Crippen LogP contribution in [0.25, 0.3) is 0 Å². The van der Waals surface area contributed by atoms with Gasteiger partial charge in [-0.1, -0.05) is 6.07 Å². The number of rotatable bonds is 1. The Morgan fingerprint density at radius 3 is 2.94 bits per heavy atom. The average Bonchev–Trinajstić information content (AvgIpc) is 2.32. The first-order valence-corrected chi connectivity index (χ1v) is 5.78. The number of amides is 1. The highest BCUT2D eigenvalue weighted by molar-refractivity contribution is 5.95. The SMILES string of the molecule is Cc1ccc(C(=O)N2CCOCC2C)cc1O. The summed E-state index contributed by atoms with van der Waals surface area (Å²) in [5.74, 6) is 0.118. The Hall–Kier alpha value is -1.55. The molecule has 1 saturated heterocycles. The van der Waals surface area contributed by atoms with Gasteiger partial charge < -0.3 is 14.7 Å². The summed E-state index contributed by atoms with van der Waals surface area (Å²) in [6.07, 6.45) is 0. The molecule has 4 nitrogen and oxygen atoms in total. The molecule has 2 rings (SSSR count). The maximum atomic E-state index is 12.2. The molecule has 17 heavy (non-hydrogen) atoms. The fourth-order valence-electron chi connectivity index (χ4n) is 1.94. The third-order valence-corrected chi connectivity index (χ3v) is 3.08. The Kier molecular flexibility index (Phi) is 3.33. The molecule has 4 heteroatoms. The molecule has 1 aromatic rings.